The predicted molar refractivity (Wildman–Crippen MR) is 75.0 cm³/mol. The van der Waals surface area contributed by atoms with Crippen molar-refractivity contribution in [1.29, 1.82) is 0 Å². The molecular formula is C14H13F3N4O2. The Kier molecular flexibility index (Phi) is 4.77. The smallest absolute Gasteiger partial charge is 0.435 e. The largest absolute Gasteiger partial charge is 0.489 e. The number of nitrogens with one attached hydrogen (secondary N) is 1. The van der Waals surface area contributed by atoms with Gasteiger partial charge in [0.05, 0.1) is 12.3 Å². The van der Waals surface area contributed by atoms with E-state index < -0.39 is 17.8 Å². The molecule has 0 bridgehead atoms. The molecule has 1 amide bonds. The molecule has 0 unspecified atom stereocenters. The molecule has 9 heteroatoms. The van der Waals surface area contributed by atoms with Crippen LogP contribution in [0.5, 0.6) is 5.75 Å². The van der Waals surface area contributed by atoms with Crippen LogP contribution in [0.1, 0.15) is 30.0 Å². The van der Waals surface area contributed by atoms with Gasteiger partial charge in [-0.3, -0.25) is 4.79 Å². The van der Waals surface area contributed by atoms with E-state index in [1.54, 1.807) is 6.07 Å². The number of hydrogen-bond donors (Lipinski definition) is 1. The first-order chi connectivity index (χ1) is 10.8. The van der Waals surface area contributed by atoms with Crippen molar-refractivity contribution in [3.8, 4) is 5.75 Å². The van der Waals surface area contributed by atoms with Gasteiger partial charge < -0.3 is 10.1 Å². The molecule has 2 rings (SSSR count). The summed E-state index contributed by atoms with van der Waals surface area (Å²) in [7, 11) is 0. The van der Waals surface area contributed by atoms with Crippen molar-refractivity contribution in [2.75, 3.05) is 5.32 Å². The minimum atomic E-state index is -4.58. The lowest BCUT2D eigenvalue weighted by atomic mass is 10.3. The Bertz CT molecular complexity index is 670. The van der Waals surface area contributed by atoms with Crippen LogP contribution in [0.2, 0.25) is 0 Å². The normalized spacial score (nSPS) is 11.4. The zero-order valence-corrected chi connectivity index (χ0v) is 12.3. The molecule has 0 aliphatic heterocycles. The van der Waals surface area contributed by atoms with Crippen LogP contribution >= 0.6 is 0 Å². The van der Waals surface area contributed by atoms with E-state index in [1.165, 1.54) is 12.3 Å². The van der Waals surface area contributed by atoms with Crippen LogP contribution in [0.25, 0.3) is 0 Å². The summed E-state index contributed by atoms with van der Waals surface area (Å²) in [6.45, 7) is 3.70. The Balaban J connectivity index is 2.04. The monoisotopic (exact) mass is 326 g/mol. The number of ether oxygens (including phenoxy) is 1. The highest BCUT2D eigenvalue weighted by Crippen LogP contribution is 2.27. The molecular weight excluding hydrogens is 313 g/mol. The molecule has 0 aliphatic rings. The van der Waals surface area contributed by atoms with E-state index in [9.17, 15) is 18.0 Å². The number of halogens is 3. The second kappa shape index (κ2) is 6.59. The maximum Gasteiger partial charge on any atom is 0.435 e. The molecule has 2 aromatic rings. The Morgan fingerprint density at radius 3 is 2.39 bits per heavy atom. The second-order valence-electron chi connectivity index (χ2n) is 4.80. The van der Waals surface area contributed by atoms with Gasteiger partial charge in [-0.1, -0.05) is 0 Å². The standard InChI is InChI=1S/C14H13F3N4O2/c1-8(2)23-9-3-4-10(18-7-9)13(22)19-12-6-5-11(20-21-12)14(15,16)17/h3-8H,1-2H3,(H,19,21,22). The Morgan fingerprint density at radius 2 is 1.91 bits per heavy atom. The highest BCUT2D eigenvalue weighted by Gasteiger charge is 2.32. The molecule has 0 aliphatic carbocycles. The predicted octanol–water partition coefficient (Wildman–Crippen LogP) is 2.93. The first-order valence-corrected chi connectivity index (χ1v) is 6.60. The van der Waals surface area contributed by atoms with Crippen molar-refractivity contribution in [2.24, 2.45) is 0 Å². The zero-order chi connectivity index (χ0) is 17.0. The molecule has 2 heterocycles. The highest BCUT2D eigenvalue weighted by atomic mass is 19.4. The molecule has 0 aromatic carbocycles. The SMILES string of the molecule is CC(C)Oc1ccc(C(=O)Nc2ccc(C(F)(F)F)nn2)nc1. The van der Waals surface area contributed by atoms with Gasteiger partial charge in [-0.15, -0.1) is 10.2 Å². The van der Waals surface area contributed by atoms with Gasteiger partial charge in [0.15, 0.2) is 11.5 Å². The average Bonchev–Trinajstić information content (AvgIpc) is 2.47. The van der Waals surface area contributed by atoms with Crippen LogP contribution in [-0.2, 0) is 6.18 Å². The van der Waals surface area contributed by atoms with Crippen molar-refractivity contribution in [3.05, 3.63) is 41.9 Å². The van der Waals surface area contributed by atoms with Gasteiger partial charge in [0.1, 0.15) is 11.4 Å². The van der Waals surface area contributed by atoms with E-state index in [0.29, 0.717) is 5.75 Å². The van der Waals surface area contributed by atoms with Gasteiger partial charge in [-0.25, -0.2) is 4.98 Å². The van der Waals surface area contributed by atoms with Crippen LogP contribution in [0.4, 0.5) is 19.0 Å². The van der Waals surface area contributed by atoms with E-state index in [4.69, 9.17) is 4.74 Å². The minimum absolute atomic E-state index is 0.0288. The lowest BCUT2D eigenvalue weighted by Crippen LogP contribution is -2.16. The minimum Gasteiger partial charge on any atom is -0.489 e. The summed E-state index contributed by atoms with van der Waals surface area (Å²) in [5.74, 6) is -0.215. The van der Waals surface area contributed by atoms with Gasteiger partial charge >= 0.3 is 6.18 Å². The summed E-state index contributed by atoms with van der Waals surface area (Å²) in [6, 6.07) is 4.75. The number of alkyl halides is 3. The van der Waals surface area contributed by atoms with Crippen LogP contribution in [0.15, 0.2) is 30.5 Å². The molecule has 6 nitrogen and oxygen atoms in total. The molecule has 0 saturated carbocycles. The number of carbonyl (C=O) groups is 1. The second-order valence-corrected chi connectivity index (χ2v) is 4.80. The van der Waals surface area contributed by atoms with E-state index in [2.05, 4.69) is 20.5 Å². The molecule has 1 N–H and O–H groups in total. The summed E-state index contributed by atoms with van der Waals surface area (Å²) >= 11 is 0. The summed E-state index contributed by atoms with van der Waals surface area (Å²) in [4.78, 5) is 15.8. The molecule has 0 fully saturated rings. The van der Waals surface area contributed by atoms with Crippen LogP contribution in [-0.4, -0.2) is 27.2 Å². The summed E-state index contributed by atoms with van der Waals surface area (Å²) in [5.41, 5.74) is -1.06. The lowest BCUT2D eigenvalue weighted by Gasteiger charge is -2.09. The fourth-order valence-electron chi connectivity index (χ4n) is 1.59. The first-order valence-electron chi connectivity index (χ1n) is 6.60. The van der Waals surface area contributed by atoms with Crippen molar-refractivity contribution in [1.82, 2.24) is 15.2 Å². The van der Waals surface area contributed by atoms with Crippen LogP contribution in [0.3, 0.4) is 0 Å². The third-order valence-corrected chi connectivity index (χ3v) is 2.54. The zero-order valence-electron chi connectivity index (χ0n) is 12.3. The maximum atomic E-state index is 12.4. The number of nitrogens with zero attached hydrogens (tertiary/aromatic N) is 3. The quantitative estimate of drug-likeness (QED) is 0.935. The Morgan fingerprint density at radius 1 is 1.17 bits per heavy atom. The third kappa shape index (κ3) is 4.63. The van der Waals surface area contributed by atoms with E-state index >= 15 is 0 Å². The van der Waals surface area contributed by atoms with Crippen molar-refractivity contribution >= 4 is 11.7 Å². The molecule has 2 aromatic heterocycles. The van der Waals surface area contributed by atoms with E-state index in [-0.39, 0.29) is 17.6 Å². The summed E-state index contributed by atoms with van der Waals surface area (Å²) in [5, 5.41) is 8.64. The molecule has 23 heavy (non-hydrogen) atoms. The average molecular weight is 326 g/mol. The molecule has 122 valence electrons. The van der Waals surface area contributed by atoms with E-state index in [1.807, 2.05) is 13.8 Å². The fourth-order valence-corrected chi connectivity index (χ4v) is 1.59. The van der Waals surface area contributed by atoms with Gasteiger partial charge in [0.25, 0.3) is 5.91 Å². The lowest BCUT2D eigenvalue weighted by molar-refractivity contribution is -0.141. The molecule has 0 spiro atoms. The summed E-state index contributed by atoms with van der Waals surface area (Å²) < 4.78 is 42.5. The van der Waals surface area contributed by atoms with Crippen molar-refractivity contribution in [2.45, 2.75) is 26.1 Å². The Labute approximate surface area is 129 Å². The molecule has 0 atom stereocenters. The van der Waals surface area contributed by atoms with Gasteiger partial charge in [0, 0.05) is 0 Å². The van der Waals surface area contributed by atoms with Gasteiger partial charge in [-0.2, -0.15) is 13.2 Å². The number of hydrogen-bond acceptors (Lipinski definition) is 5. The van der Waals surface area contributed by atoms with Gasteiger partial charge in [0.2, 0.25) is 0 Å². The van der Waals surface area contributed by atoms with Crippen LogP contribution in [0, 0.1) is 0 Å². The van der Waals surface area contributed by atoms with Crippen LogP contribution < -0.4 is 10.1 Å². The first kappa shape index (κ1) is 16.7. The maximum absolute atomic E-state index is 12.4. The number of aromatic nitrogens is 3. The fraction of sp³-hybridized carbons (Fsp3) is 0.286. The Hall–Kier alpha value is -2.71. The van der Waals surface area contributed by atoms with Crippen molar-refractivity contribution in [3.63, 3.8) is 0 Å². The van der Waals surface area contributed by atoms with Crippen molar-refractivity contribution < 1.29 is 22.7 Å². The number of carbonyl (C=O) groups excluding carboxylic acids is 1. The summed E-state index contributed by atoms with van der Waals surface area (Å²) in [6.07, 6.45) is -3.23. The number of amides is 1. The van der Waals surface area contributed by atoms with E-state index in [0.717, 1.165) is 12.1 Å². The topological polar surface area (TPSA) is 77.0 Å². The highest BCUT2D eigenvalue weighted by molar-refractivity contribution is 6.02. The molecule has 0 saturated heterocycles. The number of rotatable bonds is 4. The number of anilines is 1. The van der Waals surface area contributed by atoms with Gasteiger partial charge in [-0.05, 0) is 38.1 Å². The molecule has 0 radical (unpaired) electrons. The third-order valence-electron chi connectivity index (χ3n) is 2.54. The number of pyridine rings is 1.